The topological polar surface area (TPSA) is 63.0 Å². The Hall–Kier alpha value is -1.82. The van der Waals surface area contributed by atoms with Gasteiger partial charge in [0.15, 0.2) is 0 Å². The summed E-state index contributed by atoms with van der Waals surface area (Å²) in [7, 11) is 0. The fourth-order valence-electron chi connectivity index (χ4n) is 3.88. The van der Waals surface area contributed by atoms with E-state index in [0.29, 0.717) is 24.6 Å². The van der Waals surface area contributed by atoms with Gasteiger partial charge in [0.1, 0.15) is 6.26 Å². The number of nitrogens with zero attached hydrogens (tertiary/aromatic N) is 2. The molecule has 130 valence electrons. The Balaban J connectivity index is 1.47. The Kier molecular flexibility index (Phi) is 4.31. The van der Waals surface area contributed by atoms with Crippen molar-refractivity contribution in [3.05, 3.63) is 24.2 Å². The fourth-order valence-corrected chi connectivity index (χ4v) is 3.88. The molecule has 6 nitrogen and oxygen atoms in total. The molecular formula is C18H24N2O4. The maximum absolute atomic E-state index is 12.9. The van der Waals surface area contributed by atoms with Gasteiger partial charge in [0.05, 0.1) is 17.9 Å². The predicted molar refractivity (Wildman–Crippen MR) is 86.4 cm³/mol. The average molecular weight is 332 g/mol. The summed E-state index contributed by atoms with van der Waals surface area (Å²) < 4.78 is 10.5. The summed E-state index contributed by atoms with van der Waals surface area (Å²) in [6, 6.07) is 2.10. The van der Waals surface area contributed by atoms with E-state index in [0.717, 1.165) is 45.3 Å². The maximum atomic E-state index is 12.9. The highest BCUT2D eigenvalue weighted by Gasteiger charge is 2.42. The summed E-state index contributed by atoms with van der Waals surface area (Å²) in [6.45, 7) is 2.78. The Morgan fingerprint density at radius 3 is 2.54 bits per heavy atom. The van der Waals surface area contributed by atoms with Crippen molar-refractivity contribution in [3.63, 3.8) is 0 Å². The van der Waals surface area contributed by atoms with Crippen molar-refractivity contribution in [2.75, 3.05) is 26.3 Å². The van der Waals surface area contributed by atoms with E-state index >= 15 is 0 Å². The average Bonchev–Trinajstić information content (AvgIpc) is 3.11. The quantitative estimate of drug-likeness (QED) is 0.845. The number of hydrogen-bond acceptors (Lipinski definition) is 4. The number of likely N-dealkylation sites (tertiary alicyclic amines) is 1. The Labute approximate surface area is 141 Å². The van der Waals surface area contributed by atoms with Gasteiger partial charge in [-0.05, 0) is 38.2 Å². The smallest absolute Gasteiger partial charge is 0.257 e. The van der Waals surface area contributed by atoms with Gasteiger partial charge in [0.2, 0.25) is 5.91 Å². The Morgan fingerprint density at radius 2 is 1.88 bits per heavy atom. The van der Waals surface area contributed by atoms with Gasteiger partial charge in [0.25, 0.3) is 5.91 Å². The number of carbonyl (C=O) groups is 2. The number of rotatable bonds is 4. The zero-order chi connectivity index (χ0) is 16.5. The first kappa shape index (κ1) is 15.7. The molecule has 3 fully saturated rings. The molecule has 1 atom stereocenters. The van der Waals surface area contributed by atoms with Crippen LogP contribution in [-0.4, -0.2) is 60.0 Å². The van der Waals surface area contributed by atoms with Crippen LogP contribution in [0.3, 0.4) is 0 Å². The standard InChI is InChI=1S/C18H24N2O4/c21-17(14-4-8-24-12-14)19-7-3-16(11-19)20(18(22)13-1-2-13)15-5-9-23-10-6-15/h4,8,12-13,15-16H,1-3,5-7,9-11H2. The molecule has 2 aliphatic heterocycles. The van der Waals surface area contributed by atoms with Crippen LogP contribution in [0.5, 0.6) is 0 Å². The van der Waals surface area contributed by atoms with Crippen LogP contribution in [0, 0.1) is 5.92 Å². The number of carbonyl (C=O) groups excluding carboxylic acids is 2. The lowest BCUT2D eigenvalue weighted by Crippen LogP contribution is -2.51. The number of amides is 2. The molecule has 6 heteroatoms. The molecule has 0 radical (unpaired) electrons. The summed E-state index contributed by atoms with van der Waals surface area (Å²) in [6.07, 6.45) is 7.72. The fraction of sp³-hybridized carbons (Fsp3) is 0.667. The molecule has 0 spiro atoms. The van der Waals surface area contributed by atoms with E-state index in [1.807, 2.05) is 4.90 Å². The monoisotopic (exact) mass is 332 g/mol. The second-order valence-electron chi connectivity index (χ2n) is 7.07. The van der Waals surface area contributed by atoms with Crippen molar-refractivity contribution in [1.29, 1.82) is 0 Å². The third-order valence-electron chi connectivity index (χ3n) is 5.38. The van der Waals surface area contributed by atoms with E-state index in [-0.39, 0.29) is 23.9 Å². The zero-order valence-corrected chi connectivity index (χ0v) is 13.9. The van der Waals surface area contributed by atoms with E-state index in [1.165, 1.54) is 12.5 Å². The molecule has 1 aromatic rings. The zero-order valence-electron chi connectivity index (χ0n) is 13.9. The lowest BCUT2D eigenvalue weighted by molar-refractivity contribution is -0.139. The molecule has 24 heavy (non-hydrogen) atoms. The highest BCUT2D eigenvalue weighted by molar-refractivity contribution is 5.94. The number of hydrogen-bond donors (Lipinski definition) is 0. The van der Waals surface area contributed by atoms with Crippen LogP contribution in [0.4, 0.5) is 0 Å². The minimum atomic E-state index is -0.00273. The van der Waals surface area contributed by atoms with Crippen LogP contribution in [0.25, 0.3) is 0 Å². The highest BCUT2D eigenvalue weighted by Crippen LogP contribution is 2.35. The summed E-state index contributed by atoms with van der Waals surface area (Å²) in [5, 5.41) is 0. The molecule has 1 aliphatic carbocycles. The van der Waals surface area contributed by atoms with Crippen molar-refractivity contribution in [1.82, 2.24) is 9.80 Å². The molecule has 1 unspecified atom stereocenters. The van der Waals surface area contributed by atoms with Gasteiger partial charge in [0, 0.05) is 38.3 Å². The van der Waals surface area contributed by atoms with Gasteiger partial charge in [-0.25, -0.2) is 0 Å². The summed E-state index contributed by atoms with van der Waals surface area (Å²) >= 11 is 0. The van der Waals surface area contributed by atoms with Crippen LogP contribution in [0.15, 0.2) is 23.0 Å². The van der Waals surface area contributed by atoms with Gasteiger partial charge in [-0.1, -0.05) is 0 Å². The molecule has 0 bridgehead atoms. The minimum Gasteiger partial charge on any atom is -0.472 e. The normalized spacial score (nSPS) is 25.0. The second kappa shape index (κ2) is 6.59. The lowest BCUT2D eigenvalue weighted by atomic mass is 10.0. The van der Waals surface area contributed by atoms with Crippen molar-refractivity contribution in [2.45, 2.75) is 44.2 Å². The first-order valence-electron chi connectivity index (χ1n) is 8.95. The molecule has 1 aromatic heterocycles. The third kappa shape index (κ3) is 3.07. The van der Waals surface area contributed by atoms with Crippen LogP contribution in [0.2, 0.25) is 0 Å². The van der Waals surface area contributed by atoms with E-state index in [2.05, 4.69) is 4.90 Å². The SMILES string of the molecule is O=C(c1ccoc1)N1CCC(N(C(=O)C2CC2)C2CCOCC2)C1. The molecule has 0 aromatic carbocycles. The minimum absolute atomic E-state index is 0.00273. The van der Waals surface area contributed by atoms with Crippen molar-refractivity contribution >= 4 is 11.8 Å². The summed E-state index contributed by atoms with van der Waals surface area (Å²) in [5.41, 5.74) is 0.585. The first-order chi connectivity index (χ1) is 11.7. The summed E-state index contributed by atoms with van der Waals surface area (Å²) in [4.78, 5) is 29.3. The number of ether oxygens (including phenoxy) is 1. The largest absolute Gasteiger partial charge is 0.472 e. The molecule has 2 saturated heterocycles. The van der Waals surface area contributed by atoms with E-state index in [1.54, 1.807) is 6.07 Å². The predicted octanol–water partition coefficient (Wildman–Crippen LogP) is 1.91. The van der Waals surface area contributed by atoms with Gasteiger partial charge in [-0.3, -0.25) is 9.59 Å². The Bertz CT molecular complexity index is 590. The van der Waals surface area contributed by atoms with Crippen molar-refractivity contribution < 1.29 is 18.7 Å². The molecule has 3 aliphatic rings. The molecule has 2 amide bonds. The first-order valence-corrected chi connectivity index (χ1v) is 8.95. The van der Waals surface area contributed by atoms with Crippen LogP contribution in [-0.2, 0) is 9.53 Å². The van der Waals surface area contributed by atoms with Crippen LogP contribution >= 0.6 is 0 Å². The maximum Gasteiger partial charge on any atom is 0.257 e. The van der Waals surface area contributed by atoms with Crippen LogP contribution < -0.4 is 0 Å². The lowest BCUT2D eigenvalue weighted by Gasteiger charge is -2.38. The van der Waals surface area contributed by atoms with Gasteiger partial charge in [-0.2, -0.15) is 0 Å². The van der Waals surface area contributed by atoms with Gasteiger partial charge in [-0.15, -0.1) is 0 Å². The molecule has 4 rings (SSSR count). The molecule has 1 saturated carbocycles. The van der Waals surface area contributed by atoms with E-state index in [4.69, 9.17) is 9.15 Å². The molecule has 0 N–H and O–H groups in total. The highest BCUT2D eigenvalue weighted by atomic mass is 16.5. The molecular weight excluding hydrogens is 308 g/mol. The van der Waals surface area contributed by atoms with Gasteiger partial charge < -0.3 is 19.0 Å². The van der Waals surface area contributed by atoms with Crippen molar-refractivity contribution in [2.24, 2.45) is 5.92 Å². The van der Waals surface area contributed by atoms with Crippen LogP contribution in [0.1, 0.15) is 42.5 Å². The van der Waals surface area contributed by atoms with Crippen molar-refractivity contribution in [3.8, 4) is 0 Å². The third-order valence-corrected chi connectivity index (χ3v) is 5.38. The second-order valence-corrected chi connectivity index (χ2v) is 7.07. The Morgan fingerprint density at radius 1 is 1.08 bits per heavy atom. The number of furan rings is 1. The van der Waals surface area contributed by atoms with E-state index < -0.39 is 0 Å². The molecule has 3 heterocycles. The van der Waals surface area contributed by atoms with Gasteiger partial charge >= 0.3 is 0 Å². The summed E-state index contributed by atoms with van der Waals surface area (Å²) in [5.74, 6) is 0.507. The van der Waals surface area contributed by atoms with E-state index in [9.17, 15) is 9.59 Å².